The Balaban J connectivity index is 1.62. The van der Waals surface area contributed by atoms with E-state index in [2.05, 4.69) is 27.3 Å². The Morgan fingerprint density at radius 3 is 2.72 bits per heavy atom. The summed E-state index contributed by atoms with van der Waals surface area (Å²) in [6.45, 7) is 7.80. The summed E-state index contributed by atoms with van der Waals surface area (Å²) in [5.74, 6) is 1.67. The van der Waals surface area contributed by atoms with Gasteiger partial charge in [0.1, 0.15) is 0 Å². The number of nitrogens with one attached hydrogen (secondary N) is 1. The smallest absolute Gasteiger partial charge is 0.243 e. The molecule has 6 nitrogen and oxygen atoms in total. The molecule has 2 heterocycles. The van der Waals surface area contributed by atoms with E-state index in [4.69, 9.17) is 4.52 Å². The van der Waals surface area contributed by atoms with Gasteiger partial charge in [0, 0.05) is 18.2 Å². The monoisotopic (exact) mass is 342 g/mol. The van der Waals surface area contributed by atoms with Gasteiger partial charge in [-0.05, 0) is 38.4 Å². The summed E-state index contributed by atoms with van der Waals surface area (Å²) in [5, 5.41) is 7.06. The topological polar surface area (TPSA) is 71.3 Å². The zero-order chi connectivity index (χ0) is 17.8. The van der Waals surface area contributed by atoms with Gasteiger partial charge in [-0.1, -0.05) is 37.2 Å². The van der Waals surface area contributed by atoms with Gasteiger partial charge in [0.2, 0.25) is 11.8 Å². The number of amides is 1. The van der Waals surface area contributed by atoms with Crippen LogP contribution in [0.25, 0.3) is 0 Å². The molecular weight excluding hydrogens is 316 g/mol. The number of aromatic nitrogens is 2. The summed E-state index contributed by atoms with van der Waals surface area (Å²) in [7, 11) is 0. The fourth-order valence-electron chi connectivity index (χ4n) is 3.15. The van der Waals surface area contributed by atoms with Crippen LogP contribution in [-0.2, 0) is 4.79 Å². The fraction of sp³-hybridized carbons (Fsp3) is 0.526. The van der Waals surface area contributed by atoms with E-state index < -0.39 is 0 Å². The number of carbonyl (C=O) groups excluding carboxylic acids is 1. The van der Waals surface area contributed by atoms with Crippen molar-refractivity contribution in [3.63, 3.8) is 0 Å². The summed E-state index contributed by atoms with van der Waals surface area (Å²) in [6.07, 6.45) is 1.89. The molecule has 25 heavy (non-hydrogen) atoms. The van der Waals surface area contributed by atoms with E-state index in [1.807, 2.05) is 44.2 Å². The van der Waals surface area contributed by atoms with Gasteiger partial charge in [-0.3, -0.25) is 9.69 Å². The molecule has 0 radical (unpaired) electrons. The Morgan fingerprint density at radius 2 is 2.04 bits per heavy atom. The van der Waals surface area contributed by atoms with Gasteiger partial charge < -0.3 is 9.84 Å². The van der Waals surface area contributed by atoms with Crippen LogP contribution < -0.4 is 5.32 Å². The van der Waals surface area contributed by atoms with Crippen molar-refractivity contribution in [3.05, 3.63) is 42.0 Å². The molecule has 1 N–H and O–H groups in total. The van der Waals surface area contributed by atoms with Crippen molar-refractivity contribution in [2.75, 3.05) is 18.4 Å². The van der Waals surface area contributed by atoms with Crippen LogP contribution in [0.1, 0.15) is 57.3 Å². The lowest BCUT2D eigenvalue weighted by atomic mass is 9.96. The molecule has 1 fully saturated rings. The van der Waals surface area contributed by atoms with E-state index in [0.717, 1.165) is 30.9 Å². The van der Waals surface area contributed by atoms with Crippen LogP contribution in [0.4, 0.5) is 5.69 Å². The standard InChI is InChI=1S/C19H26N4O2/c1-13(2)17-21-19(25-22-17)14(3)23-11-7-8-15(12-23)18(24)20-16-9-5-4-6-10-16/h4-6,9-10,13-15H,7-8,11-12H2,1-3H3,(H,20,24)/t14-,15+/m1/s1. The minimum absolute atomic E-state index is 0.0207. The maximum absolute atomic E-state index is 12.6. The van der Waals surface area contributed by atoms with E-state index in [1.54, 1.807) is 0 Å². The minimum Gasteiger partial charge on any atom is -0.338 e. The normalized spacial score (nSPS) is 19.8. The molecule has 1 amide bonds. The Morgan fingerprint density at radius 1 is 1.28 bits per heavy atom. The van der Waals surface area contributed by atoms with Gasteiger partial charge >= 0.3 is 0 Å². The van der Waals surface area contributed by atoms with Gasteiger partial charge in [-0.2, -0.15) is 4.98 Å². The molecule has 134 valence electrons. The molecule has 1 aliphatic heterocycles. The molecule has 1 aliphatic rings. The molecule has 2 atom stereocenters. The van der Waals surface area contributed by atoms with Crippen molar-refractivity contribution in [1.29, 1.82) is 0 Å². The number of piperidine rings is 1. The lowest BCUT2D eigenvalue weighted by molar-refractivity contribution is -0.121. The van der Waals surface area contributed by atoms with Crippen molar-refractivity contribution >= 4 is 11.6 Å². The second-order valence-electron chi connectivity index (χ2n) is 7.01. The zero-order valence-corrected chi connectivity index (χ0v) is 15.1. The average molecular weight is 342 g/mol. The third kappa shape index (κ3) is 4.25. The highest BCUT2D eigenvalue weighted by Gasteiger charge is 2.31. The van der Waals surface area contributed by atoms with Crippen LogP contribution in [0.3, 0.4) is 0 Å². The summed E-state index contributed by atoms with van der Waals surface area (Å²) in [6, 6.07) is 9.63. The molecule has 1 aromatic heterocycles. The first-order chi connectivity index (χ1) is 12.0. The minimum atomic E-state index is -0.0242. The second-order valence-corrected chi connectivity index (χ2v) is 7.01. The van der Waals surface area contributed by atoms with E-state index in [-0.39, 0.29) is 23.8 Å². The van der Waals surface area contributed by atoms with Crippen LogP contribution in [-0.4, -0.2) is 34.0 Å². The van der Waals surface area contributed by atoms with E-state index in [1.165, 1.54) is 0 Å². The summed E-state index contributed by atoms with van der Waals surface area (Å²) >= 11 is 0. The number of anilines is 1. The highest BCUT2D eigenvalue weighted by atomic mass is 16.5. The average Bonchev–Trinajstić information content (AvgIpc) is 3.12. The Labute approximate surface area is 148 Å². The van der Waals surface area contributed by atoms with Gasteiger partial charge in [0.15, 0.2) is 5.82 Å². The van der Waals surface area contributed by atoms with Gasteiger partial charge in [0.25, 0.3) is 0 Å². The van der Waals surface area contributed by atoms with E-state index >= 15 is 0 Å². The van der Waals surface area contributed by atoms with Gasteiger partial charge in [-0.15, -0.1) is 0 Å². The number of hydrogen-bond acceptors (Lipinski definition) is 5. The second kappa shape index (κ2) is 7.78. The van der Waals surface area contributed by atoms with Crippen LogP contribution in [0.5, 0.6) is 0 Å². The first kappa shape index (κ1) is 17.6. The van der Waals surface area contributed by atoms with Crippen molar-refractivity contribution in [3.8, 4) is 0 Å². The van der Waals surface area contributed by atoms with Gasteiger partial charge in [0.05, 0.1) is 12.0 Å². The summed E-state index contributed by atoms with van der Waals surface area (Å²) in [4.78, 5) is 19.3. The number of rotatable bonds is 5. The summed E-state index contributed by atoms with van der Waals surface area (Å²) in [5.41, 5.74) is 0.844. The first-order valence-corrected chi connectivity index (χ1v) is 8.98. The third-order valence-corrected chi connectivity index (χ3v) is 4.74. The zero-order valence-electron chi connectivity index (χ0n) is 15.1. The van der Waals surface area contributed by atoms with E-state index in [0.29, 0.717) is 12.4 Å². The quantitative estimate of drug-likeness (QED) is 0.899. The van der Waals surface area contributed by atoms with Crippen LogP contribution >= 0.6 is 0 Å². The van der Waals surface area contributed by atoms with E-state index in [9.17, 15) is 4.79 Å². The number of nitrogens with zero attached hydrogens (tertiary/aromatic N) is 3. The SMILES string of the molecule is CC(C)c1noc([C@@H](C)N2CCC[C@H](C(=O)Nc3ccccc3)C2)n1. The number of hydrogen-bond donors (Lipinski definition) is 1. The first-order valence-electron chi connectivity index (χ1n) is 8.98. The predicted octanol–water partition coefficient (Wildman–Crippen LogP) is 3.60. The summed E-state index contributed by atoms with van der Waals surface area (Å²) < 4.78 is 5.43. The van der Waals surface area contributed by atoms with Crippen LogP contribution in [0, 0.1) is 5.92 Å². The fourth-order valence-corrected chi connectivity index (χ4v) is 3.15. The Hall–Kier alpha value is -2.21. The lowest BCUT2D eigenvalue weighted by Gasteiger charge is -2.34. The number of likely N-dealkylation sites (tertiary alicyclic amines) is 1. The highest BCUT2D eigenvalue weighted by Crippen LogP contribution is 2.27. The maximum atomic E-state index is 12.6. The molecule has 0 spiro atoms. The van der Waals surface area contributed by atoms with Crippen molar-refractivity contribution in [2.24, 2.45) is 5.92 Å². The molecule has 2 aromatic rings. The molecule has 0 saturated carbocycles. The predicted molar refractivity (Wildman–Crippen MR) is 96.2 cm³/mol. The molecule has 1 saturated heterocycles. The van der Waals surface area contributed by atoms with Crippen molar-refractivity contribution < 1.29 is 9.32 Å². The Bertz CT molecular complexity index is 698. The molecule has 6 heteroatoms. The molecule has 3 rings (SSSR count). The third-order valence-electron chi connectivity index (χ3n) is 4.74. The number of carbonyl (C=O) groups is 1. The highest BCUT2D eigenvalue weighted by molar-refractivity contribution is 5.92. The molecule has 0 unspecified atom stereocenters. The van der Waals surface area contributed by atoms with Crippen molar-refractivity contribution in [2.45, 2.75) is 45.6 Å². The Kier molecular flexibility index (Phi) is 5.48. The number of benzene rings is 1. The molecule has 0 bridgehead atoms. The molecule has 0 aliphatic carbocycles. The maximum Gasteiger partial charge on any atom is 0.243 e. The van der Waals surface area contributed by atoms with Crippen LogP contribution in [0.2, 0.25) is 0 Å². The largest absolute Gasteiger partial charge is 0.338 e. The van der Waals surface area contributed by atoms with Crippen molar-refractivity contribution in [1.82, 2.24) is 15.0 Å². The van der Waals surface area contributed by atoms with Gasteiger partial charge in [-0.25, -0.2) is 0 Å². The number of para-hydroxylation sites is 1. The molecule has 1 aromatic carbocycles. The molecular formula is C19H26N4O2. The van der Waals surface area contributed by atoms with Crippen LogP contribution in [0.15, 0.2) is 34.9 Å². The lowest BCUT2D eigenvalue weighted by Crippen LogP contribution is -2.41.